The van der Waals surface area contributed by atoms with Crippen LogP contribution in [0.2, 0.25) is 0 Å². The number of rotatable bonds is 15. The predicted octanol–water partition coefficient (Wildman–Crippen LogP) is 3.58. The van der Waals surface area contributed by atoms with Crippen molar-refractivity contribution in [2.75, 3.05) is 51.0 Å². The number of benzene rings is 3. The molecule has 11 nitrogen and oxygen atoms in total. The highest BCUT2D eigenvalue weighted by atomic mass is 32.2. The number of hydrogen-bond acceptors (Lipinski definition) is 8. The molecular formula is C29H35N3O8S. The molecule has 1 atom stereocenters. The Hall–Kier alpha value is -4.13. The molecule has 12 heteroatoms. The summed E-state index contributed by atoms with van der Waals surface area (Å²) in [5.74, 6) is -0.213. The summed E-state index contributed by atoms with van der Waals surface area (Å²) in [5, 5.41) is 23.0. The minimum atomic E-state index is -3.74. The molecule has 0 spiro atoms. The van der Waals surface area contributed by atoms with Crippen LogP contribution in [-0.4, -0.2) is 81.2 Å². The number of nitrogens with zero attached hydrogens (tertiary/aromatic N) is 1. The molecule has 0 radical (unpaired) electrons. The van der Waals surface area contributed by atoms with Gasteiger partial charge < -0.3 is 29.9 Å². The summed E-state index contributed by atoms with van der Waals surface area (Å²) in [6, 6.07) is 21.0. The third-order valence-corrected chi connectivity index (χ3v) is 6.53. The third-order valence-electron chi connectivity index (χ3n) is 5.97. The van der Waals surface area contributed by atoms with Gasteiger partial charge >= 0.3 is 6.09 Å². The smallest absolute Gasteiger partial charge is 0.407 e. The number of aliphatic hydroxyl groups excluding tert-OH is 1. The molecule has 0 aromatic heterocycles. The normalized spacial score (nSPS) is 11.9. The molecule has 0 aliphatic rings. The second-order valence-electron chi connectivity index (χ2n) is 9.12. The highest BCUT2D eigenvalue weighted by Gasteiger charge is 2.18. The highest BCUT2D eigenvalue weighted by molar-refractivity contribution is 7.89. The maximum Gasteiger partial charge on any atom is 0.407 e. The van der Waals surface area contributed by atoms with Gasteiger partial charge in [-0.1, -0.05) is 48.5 Å². The zero-order chi connectivity index (χ0) is 29.8. The number of carboxylic acid groups (broad SMARTS) is 1. The van der Waals surface area contributed by atoms with Crippen molar-refractivity contribution < 1.29 is 37.7 Å². The van der Waals surface area contributed by atoms with E-state index in [0.717, 1.165) is 22.3 Å². The van der Waals surface area contributed by atoms with Crippen LogP contribution in [0.3, 0.4) is 0 Å². The van der Waals surface area contributed by atoms with Gasteiger partial charge in [-0.25, -0.2) is 17.9 Å². The molecule has 0 bridgehead atoms. The Morgan fingerprint density at radius 2 is 1.66 bits per heavy atom. The lowest BCUT2D eigenvalue weighted by Crippen LogP contribution is -2.36. The van der Waals surface area contributed by atoms with E-state index in [9.17, 15) is 28.2 Å². The number of nitrogens with one attached hydrogen (secondary N) is 2. The summed E-state index contributed by atoms with van der Waals surface area (Å²) in [7, 11) is -3.74. The Labute approximate surface area is 239 Å². The van der Waals surface area contributed by atoms with E-state index in [-0.39, 0.29) is 25.3 Å². The van der Waals surface area contributed by atoms with Gasteiger partial charge in [0.05, 0.1) is 37.6 Å². The maximum absolute atomic E-state index is 12.6. The van der Waals surface area contributed by atoms with Crippen LogP contribution < -0.4 is 14.8 Å². The molecule has 4 N–H and O–H groups in total. The van der Waals surface area contributed by atoms with Crippen molar-refractivity contribution >= 4 is 27.7 Å². The van der Waals surface area contributed by atoms with Crippen LogP contribution in [0.1, 0.15) is 28.9 Å². The summed E-state index contributed by atoms with van der Waals surface area (Å²) < 4.78 is 36.2. The van der Waals surface area contributed by atoms with Crippen molar-refractivity contribution in [2.45, 2.75) is 13.0 Å². The predicted molar refractivity (Wildman–Crippen MR) is 156 cm³/mol. The summed E-state index contributed by atoms with van der Waals surface area (Å²) in [5.41, 5.74) is 2.86. The largest absolute Gasteiger partial charge is 0.492 e. The van der Waals surface area contributed by atoms with E-state index >= 15 is 0 Å². The first-order chi connectivity index (χ1) is 19.6. The minimum Gasteiger partial charge on any atom is -0.492 e. The van der Waals surface area contributed by atoms with E-state index in [0.29, 0.717) is 36.8 Å². The van der Waals surface area contributed by atoms with Gasteiger partial charge in [-0.15, -0.1) is 0 Å². The Bertz CT molecular complexity index is 1400. The Morgan fingerprint density at radius 3 is 2.29 bits per heavy atom. The van der Waals surface area contributed by atoms with Crippen molar-refractivity contribution in [3.63, 3.8) is 0 Å². The lowest BCUT2D eigenvalue weighted by atomic mass is 10.0. The lowest BCUT2D eigenvalue weighted by molar-refractivity contribution is 0.0894. The van der Waals surface area contributed by atoms with Crippen molar-refractivity contribution in [2.24, 2.45) is 0 Å². The average Bonchev–Trinajstić information content (AvgIpc) is 2.94. The van der Waals surface area contributed by atoms with Gasteiger partial charge in [0.2, 0.25) is 10.0 Å². The zero-order valence-electron chi connectivity index (χ0n) is 22.9. The Morgan fingerprint density at radius 1 is 0.976 bits per heavy atom. The van der Waals surface area contributed by atoms with E-state index in [4.69, 9.17) is 9.47 Å². The molecule has 2 amide bonds. The third kappa shape index (κ3) is 10.1. The van der Waals surface area contributed by atoms with Gasteiger partial charge in [0.25, 0.3) is 5.91 Å². The van der Waals surface area contributed by atoms with Crippen molar-refractivity contribution in [1.82, 2.24) is 9.62 Å². The standard InChI is InChI=1S/C29H35N3O8S/c1-3-39-17-15-30-26-19-23(11-14-25(26)28(34)31-41(2,37)38)21-9-12-24(13-10-21)40-18-16-32(29(35)36)20-27(33)22-7-5-4-6-8-22/h4-14,19,27,30,33H,3,15-18,20H2,1-2H3,(H,31,34)(H,35,36)/t27-/m0/s1. The first kappa shape index (κ1) is 31.4. The molecule has 0 fully saturated rings. The van der Waals surface area contributed by atoms with Gasteiger partial charge in [0, 0.05) is 18.8 Å². The van der Waals surface area contributed by atoms with E-state index in [2.05, 4.69) is 5.32 Å². The molecule has 41 heavy (non-hydrogen) atoms. The summed E-state index contributed by atoms with van der Waals surface area (Å²) in [4.78, 5) is 25.3. The molecular weight excluding hydrogens is 550 g/mol. The molecule has 220 valence electrons. The summed E-state index contributed by atoms with van der Waals surface area (Å²) in [6.07, 6.45) is -1.19. The molecule has 0 unspecified atom stereocenters. The fourth-order valence-corrected chi connectivity index (χ4v) is 4.41. The molecule has 0 saturated heterocycles. The van der Waals surface area contributed by atoms with Crippen LogP contribution >= 0.6 is 0 Å². The molecule has 3 aromatic carbocycles. The number of aliphatic hydroxyl groups is 1. The van der Waals surface area contributed by atoms with Crippen molar-refractivity contribution in [1.29, 1.82) is 0 Å². The first-order valence-corrected chi connectivity index (χ1v) is 14.9. The summed E-state index contributed by atoms with van der Waals surface area (Å²) in [6.45, 7) is 3.31. The SMILES string of the molecule is CCOCCNc1cc(-c2ccc(OCCN(C[C@H](O)c3ccccc3)C(=O)O)cc2)ccc1C(=O)NS(C)(=O)=O. The number of carbonyl (C=O) groups is 2. The fourth-order valence-electron chi connectivity index (χ4n) is 3.97. The Kier molecular flexibility index (Phi) is 11.5. The average molecular weight is 586 g/mol. The number of ether oxygens (including phenoxy) is 2. The molecule has 0 aliphatic carbocycles. The number of sulfonamides is 1. The van der Waals surface area contributed by atoms with Crippen molar-refractivity contribution in [3.8, 4) is 16.9 Å². The van der Waals surface area contributed by atoms with Gasteiger partial charge in [0.1, 0.15) is 12.4 Å². The van der Waals surface area contributed by atoms with Gasteiger partial charge in [-0.05, 0) is 47.9 Å². The second-order valence-corrected chi connectivity index (χ2v) is 10.9. The van der Waals surface area contributed by atoms with Crippen LogP contribution in [0, 0.1) is 0 Å². The Balaban J connectivity index is 1.65. The van der Waals surface area contributed by atoms with Crippen LogP contribution in [0.25, 0.3) is 11.1 Å². The van der Waals surface area contributed by atoms with E-state index in [1.165, 1.54) is 0 Å². The minimum absolute atomic E-state index is 0.0642. The molecule has 3 aromatic rings. The summed E-state index contributed by atoms with van der Waals surface area (Å²) >= 11 is 0. The zero-order valence-corrected chi connectivity index (χ0v) is 23.8. The van der Waals surface area contributed by atoms with Gasteiger partial charge in [-0.2, -0.15) is 0 Å². The van der Waals surface area contributed by atoms with E-state index < -0.39 is 28.1 Å². The van der Waals surface area contributed by atoms with Crippen LogP contribution in [0.4, 0.5) is 10.5 Å². The van der Waals surface area contributed by atoms with E-state index in [1.54, 1.807) is 54.6 Å². The van der Waals surface area contributed by atoms with Crippen LogP contribution in [0.5, 0.6) is 5.75 Å². The quantitative estimate of drug-likeness (QED) is 0.196. The molecule has 0 aliphatic heterocycles. The molecule has 0 saturated carbocycles. The van der Waals surface area contributed by atoms with Gasteiger partial charge in [0.15, 0.2) is 0 Å². The van der Waals surface area contributed by atoms with E-state index in [1.807, 2.05) is 29.8 Å². The maximum atomic E-state index is 12.6. The number of anilines is 1. The molecule has 3 rings (SSSR count). The molecule has 0 heterocycles. The fraction of sp³-hybridized carbons (Fsp3) is 0.310. The number of hydrogen-bond donors (Lipinski definition) is 4. The highest BCUT2D eigenvalue weighted by Crippen LogP contribution is 2.28. The first-order valence-electron chi connectivity index (χ1n) is 13.0. The second kappa shape index (κ2) is 15.0. The number of amides is 2. The van der Waals surface area contributed by atoms with Crippen molar-refractivity contribution in [3.05, 3.63) is 83.9 Å². The van der Waals surface area contributed by atoms with Crippen LogP contribution in [-0.2, 0) is 14.8 Å². The van der Waals surface area contributed by atoms with Gasteiger partial charge in [-0.3, -0.25) is 4.79 Å². The monoisotopic (exact) mass is 585 g/mol. The number of carbonyl (C=O) groups excluding carboxylic acids is 1. The topological polar surface area (TPSA) is 154 Å². The van der Waals surface area contributed by atoms with Crippen LogP contribution in [0.15, 0.2) is 72.8 Å². The lowest BCUT2D eigenvalue weighted by Gasteiger charge is -2.22.